The molecule has 1 unspecified atom stereocenters. The lowest BCUT2D eigenvalue weighted by atomic mass is 10.2. The maximum atomic E-state index is 12.3. The van der Waals surface area contributed by atoms with Gasteiger partial charge in [-0.25, -0.2) is 4.98 Å². The smallest absolute Gasteiger partial charge is 0.270 e. The maximum absolute atomic E-state index is 12.3. The fourth-order valence-corrected chi connectivity index (χ4v) is 4.10. The summed E-state index contributed by atoms with van der Waals surface area (Å²) >= 11 is 0. The molecule has 2 aliphatic heterocycles. The number of likely N-dealkylation sites (N-methyl/N-ethyl adjacent to an activating group) is 1. The Hall–Kier alpha value is -3.00. The highest BCUT2D eigenvalue weighted by molar-refractivity contribution is 5.94. The second-order valence-electron chi connectivity index (χ2n) is 8.74. The van der Waals surface area contributed by atoms with E-state index in [1.807, 2.05) is 24.4 Å². The van der Waals surface area contributed by atoms with Crippen LogP contribution < -0.4 is 15.1 Å². The van der Waals surface area contributed by atoms with Gasteiger partial charge in [-0.05, 0) is 56.9 Å². The SMILES string of the molecule is CC=O.CCCc1ccccn1.CN1c2nc(C(=O)NC3(CO)CC3)ccc2N2CCC1C2. The van der Waals surface area contributed by atoms with Crippen LogP contribution in [0.3, 0.4) is 0 Å². The summed E-state index contributed by atoms with van der Waals surface area (Å²) in [6.45, 7) is 5.71. The quantitative estimate of drug-likeness (QED) is 0.672. The van der Waals surface area contributed by atoms with Crippen molar-refractivity contribution in [3.8, 4) is 0 Å². The molecule has 1 saturated carbocycles. The van der Waals surface area contributed by atoms with Crippen LogP contribution in [-0.4, -0.2) is 65.6 Å². The number of nitrogens with zero attached hydrogens (tertiary/aromatic N) is 4. The van der Waals surface area contributed by atoms with Gasteiger partial charge >= 0.3 is 0 Å². The number of aliphatic hydroxyl groups excluding tert-OH is 1. The number of fused-ring (bicyclic) bond motifs is 4. The van der Waals surface area contributed by atoms with Gasteiger partial charge in [0.1, 0.15) is 12.0 Å². The van der Waals surface area contributed by atoms with Crippen LogP contribution in [0.15, 0.2) is 36.5 Å². The molecule has 1 aliphatic carbocycles. The monoisotopic (exact) mass is 453 g/mol. The minimum absolute atomic E-state index is 0.000560. The molecule has 1 atom stereocenters. The topological polar surface area (TPSA) is 98.7 Å². The van der Waals surface area contributed by atoms with Crippen LogP contribution in [0.4, 0.5) is 11.5 Å². The van der Waals surface area contributed by atoms with Crippen LogP contribution >= 0.6 is 0 Å². The van der Waals surface area contributed by atoms with Gasteiger partial charge in [0.15, 0.2) is 5.82 Å². The summed E-state index contributed by atoms with van der Waals surface area (Å²) in [4.78, 5) is 34.4. The van der Waals surface area contributed by atoms with E-state index in [0.717, 1.165) is 56.6 Å². The predicted molar refractivity (Wildman–Crippen MR) is 130 cm³/mol. The van der Waals surface area contributed by atoms with Gasteiger partial charge in [-0.2, -0.15) is 0 Å². The summed E-state index contributed by atoms with van der Waals surface area (Å²) in [5.41, 5.74) is 2.34. The number of anilines is 2. The number of hydrogen-bond acceptors (Lipinski definition) is 7. The van der Waals surface area contributed by atoms with E-state index in [0.29, 0.717) is 11.7 Å². The van der Waals surface area contributed by atoms with E-state index in [2.05, 4.69) is 45.1 Å². The first-order valence-electron chi connectivity index (χ1n) is 11.7. The van der Waals surface area contributed by atoms with E-state index < -0.39 is 5.54 Å². The van der Waals surface area contributed by atoms with Crippen molar-refractivity contribution >= 4 is 23.7 Å². The number of aryl methyl sites for hydroxylation is 1. The van der Waals surface area contributed by atoms with Gasteiger partial charge in [0.05, 0.1) is 17.8 Å². The molecule has 4 heterocycles. The molecule has 33 heavy (non-hydrogen) atoms. The fraction of sp³-hybridized carbons (Fsp3) is 0.520. The number of pyridine rings is 2. The molecule has 2 N–H and O–H groups in total. The second-order valence-corrected chi connectivity index (χ2v) is 8.74. The molecule has 2 fully saturated rings. The number of carbonyl (C=O) groups is 2. The molecular weight excluding hydrogens is 418 g/mol. The zero-order valence-electron chi connectivity index (χ0n) is 19.8. The van der Waals surface area contributed by atoms with Gasteiger partial charge in [-0.1, -0.05) is 19.4 Å². The van der Waals surface area contributed by atoms with Crippen LogP contribution in [0, 0.1) is 0 Å². The van der Waals surface area contributed by atoms with Crippen molar-refractivity contribution in [1.82, 2.24) is 15.3 Å². The maximum Gasteiger partial charge on any atom is 0.270 e. The van der Waals surface area contributed by atoms with Crippen LogP contribution in [-0.2, 0) is 11.2 Å². The summed E-state index contributed by atoms with van der Waals surface area (Å²) in [6.07, 6.45) is 7.69. The van der Waals surface area contributed by atoms with Crippen molar-refractivity contribution in [2.75, 3.05) is 36.5 Å². The van der Waals surface area contributed by atoms with E-state index in [-0.39, 0.29) is 12.5 Å². The average Bonchev–Trinajstić information content (AvgIpc) is 3.46. The van der Waals surface area contributed by atoms with Crippen molar-refractivity contribution in [2.45, 2.75) is 57.5 Å². The third-order valence-corrected chi connectivity index (χ3v) is 6.24. The first-order valence-corrected chi connectivity index (χ1v) is 11.7. The minimum Gasteiger partial charge on any atom is -0.394 e. The number of aromatic nitrogens is 2. The van der Waals surface area contributed by atoms with Crippen LogP contribution in [0.25, 0.3) is 0 Å². The molecule has 0 spiro atoms. The normalized spacial score (nSPS) is 18.7. The van der Waals surface area contributed by atoms with Crippen molar-refractivity contribution in [1.29, 1.82) is 0 Å². The molecule has 8 nitrogen and oxygen atoms in total. The number of aliphatic hydroxyl groups is 1. The molecule has 2 bridgehead atoms. The predicted octanol–water partition coefficient (Wildman–Crippen LogP) is 2.60. The third kappa shape index (κ3) is 6.07. The minimum atomic E-state index is -0.400. The third-order valence-electron chi connectivity index (χ3n) is 6.24. The van der Waals surface area contributed by atoms with Gasteiger partial charge < -0.3 is 25.0 Å². The fourth-order valence-electron chi connectivity index (χ4n) is 4.10. The largest absolute Gasteiger partial charge is 0.394 e. The Morgan fingerprint density at radius 2 is 2.06 bits per heavy atom. The highest BCUT2D eigenvalue weighted by Gasteiger charge is 2.44. The first-order chi connectivity index (χ1) is 16.0. The number of carbonyl (C=O) groups excluding carboxylic acids is 2. The summed E-state index contributed by atoms with van der Waals surface area (Å²) < 4.78 is 0. The van der Waals surface area contributed by atoms with Crippen LogP contribution in [0.2, 0.25) is 0 Å². The number of hydrogen-bond donors (Lipinski definition) is 2. The Labute approximate surface area is 196 Å². The Bertz CT molecular complexity index is 933. The van der Waals surface area contributed by atoms with Crippen LogP contribution in [0.5, 0.6) is 0 Å². The Morgan fingerprint density at radius 1 is 1.30 bits per heavy atom. The lowest BCUT2D eigenvalue weighted by molar-refractivity contribution is -0.106. The highest BCUT2D eigenvalue weighted by atomic mass is 16.3. The van der Waals surface area contributed by atoms with Crippen LogP contribution in [0.1, 0.15) is 55.7 Å². The van der Waals surface area contributed by atoms with Gasteiger partial charge in [0.2, 0.25) is 0 Å². The number of amides is 1. The zero-order valence-corrected chi connectivity index (χ0v) is 19.8. The summed E-state index contributed by atoms with van der Waals surface area (Å²) in [5, 5.41) is 12.2. The van der Waals surface area contributed by atoms with Crippen molar-refractivity contribution in [3.05, 3.63) is 47.9 Å². The van der Waals surface area contributed by atoms with Crippen molar-refractivity contribution < 1.29 is 14.7 Å². The first kappa shape index (κ1) is 24.6. The molecule has 1 saturated heterocycles. The van der Waals surface area contributed by atoms with Crippen molar-refractivity contribution in [3.63, 3.8) is 0 Å². The highest BCUT2D eigenvalue weighted by Crippen LogP contribution is 2.38. The average molecular weight is 454 g/mol. The second kappa shape index (κ2) is 11.2. The lowest BCUT2D eigenvalue weighted by Crippen LogP contribution is -2.42. The number of aldehydes is 1. The molecule has 8 heteroatoms. The molecule has 3 aliphatic rings. The van der Waals surface area contributed by atoms with Gasteiger partial charge in [0, 0.05) is 38.1 Å². The summed E-state index contributed by atoms with van der Waals surface area (Å²) in [7, 11) is 2.05. The molecular formula is C25H35N5O3. The van der Waals surface area contributed by atoms with E-state index in [9.17, 15) is 9.90 Å². The Balaban J connectivity index is 0.000000214. The molecule has 178 valence electrons. The van der Waals surface area contributed by atoms with E-state index in [1.54, 1.807) is 6.07 Å². The number of nitrogens with one attached hydrogen (secondary N) is 1. The summed E-state index contributed by atoms with van der Waals surface area (Å²) in [5.74, 6) is 0.705. The zero-order chi connectivity index (χ0) is 23.8. The Morgan fingerprint density at radius 3 is 2.67 bits per heavy atom. The molecule has 0 aromatic carbocycles. The van der Waals surface area contributed by atoms with Gasteiger partial charge in [0.25, 0.3) is 5.91 Å². The molecule has 0 radical (unpaired) electrons. The number of rotatable bonds is 5. The van der Waals surface area contributed by atoms with E-state index >= 15 is 0 Å². The lowest BCUT2D eigenvalue weighted by Gasteiger charge is -2.34. The van der Waals surface area contributed by atoms with E-state index in [4.69, 9.17) is 4.79 Å². The standard InChI is InChI=1S/C15H20N4O2.C8H11N.C2H4O/c1-18-10-4-7-19(8-10)12-3-2-11(16-13(12)18)14(21)17-15(9-20)5-6-15;1-2-5-8-6-3-4-7-9-8;1-2-3/h2-3,10,20H,4-9H2,1H3,(H,17,21);3-4,6-7H,2,5H2,1H3;2H,1H3. The van der Waals surface area contributed by atoms with Gasteiger partial charge in [-0.3, -0.25) is 9.78 Å². The van der Waals surface area contributed by atoms with E-state index in [1.165, 1.54) is 19.0 Å². The molecule has 2 aromatic rings. The van der Waals surface area contributed by atoms with Crippen molar-refractivity contribution in [2.24, 2.45) is 0 Å². The Kier molecular flexibility index (Phi) is 8.38. The molecule has 2 aromatic heterocycles. The molecule has 5 rings (SSSR count). The molecule has 1 amide bonds. The summed E-state index contributed by atoms with van der Waals surface area (Å²) in [6, 6.07) is 10.3. The van der Waals surface area contributed by atoms with Gasteiger partial charge in [-0.15, -0.1) is 0 Å².